The van der Waals surface area contributed by atoms with Gasteiger partial charge in [-0.1, -0.05) is 50.0 Å². The summed E-state index contributed by atoms with van der Waals surface area (Å²) < 4.78 is 6.60. The predicted octanol–water partition coefficient (Wildman–Crippen LogP) is 6.58. The molecule has 1 unspecified atom stereocenters. The van der Waals surface area contributed by atoms with Crippen molar-refractivity contribution in [2.45, 2.75) is 78.1 Å². The number of likely N-dealkylation sites (tertiary alicyclic amines) is 1. The summed E-state index contributed by atoms with van der Waals surface area (Å²) in [4.78, 5) is 15.5. The molecule has 2 aliphatic rings. The van der Waals surface area contributed by atoms with Gasteiger partial charge in [0.05, 0.1) is 0 Å². The fourth-order valence-corrected chi connectivity index (χ4v) is 6.59. The Morgan fingerprint density at radius 1 is 1.17 bits per heavy atom. The van der Waals surface area contributed by atoms with Gasteiger partial charge in [0.25, 0.3) is 0 Å². The van der Waals surface area contributed by atoms with Crippen LogP contribution in [0, 0.1) is 17.3 Å². The third kappa shape index (κ3) is 5.20. The summed E-state index contributed by atoms with van der Waals surface area (Å²) in [7, 11) is -0.920. The summed E-state index contributed by atoms with van der Waals surface area (Å²) in [5.74, 6) is 0.886. The second-order valence-electron chi connectivity index (χ2n) is 10.0. The molecule has 6 heteroatoms. The number of hydrogen-bond donors (Lipinski definition) is 0. The standard InChI is InChI=1S/C23H34Cl2NO2Si/c1-22(2,3)18-8-11-23(12-9-18,28-29(4)5)26-13-10-17(21(26)27)14-16-6-7-19(24)15-20(16)25/h6-7,15,17-18H,8-14H2,1-5H3. The van der Waals surface area contributed by atoms with Crippen LogP contribution in [0.15, 0.2) is 18.2 Å². The lowest BCUT2D eigenvalue weighted by Crippen LogP contribution is -2.56. The average Bonchev–Trinajstić information content (AvgIpc) is 2.97. The Bertz CT molecular complexity index is 739. The molecule has 0 bridgehead atoms. The number of rotatable bonds is 5. The predicted molar refractivity (Wildman–Crippen MR) is 123 cm³/mol. The SMILES string of the molecule is C[Si](C)OC1(N2CCC(Cc3ccc(Cl)cc3Cl)C2=O)CCC(C(C)(C)C)CC1. The van der Waals surface area contributed by atoms with E-state index >= 15 is 0 Å². The third-order valence-electron chi connectivity index (χ3n) is 6.68. The van der Waals surface area contributed by atoms with Crippen LogP contribution in [0.4, 0.5) is 0 Å². The second kappa shape index (κ2) is 8.90. The molecule has 2 fully saturated rings. The molecule has 0 spiro atoms. The molecule has 1 aliphatic carbocycles. The molecule has 1 radical (unpaired) electrons. The third-order valence-corrected chi connectivity index (χ3v) is 8.05. The Morgan fingerprint density at radius 3 is 2.38 bits per heavy atom. The fourth-order valence-electron chi connectivity index (χ4n) is 5.03. The van der Waals surface area contributed by atoms with E-state index in [9.17, 15) is 4.79 Å². The molecule has 29 heavy (non-hydrogen) atoms. The van der Waals surface area contributed by atoms with Gasteiger partial charge in [-0.3, -0.25) is 4.79 Å². The molecule has 1 aliphatic heterocycles. The van der Waals surface area contributed by atoms with Crippen LogP contribution >= 0.6 is 23.2 Å². The minimum atomic E-state index is -0.920. The van der Waals surface area contributed by atoms with E-state index in [4.69, 9.17) is 27.6 Å². The van der Waals surface area contributed by atoms with Crippen molar-refractivity contribution in [3.8, 4) is 0 Å². The summed E-state index contributed by atoms with van der Waals surface area (Å²) in [6, 6.07) is 5.55. The van der Waals surface area contributed by atoms with E-state index in [-0.39, 0.29) is 11.8 Å². The summed E-state index contributed by atoms with van der Waals surface area (Å²) in [6.45, 7) is 12.1. The van der Waals surface area contributed by atoms with Crippen LogP contribution in [-0.4, -0.2) is 32.1 Å². The number of carbonyl (C=O) groups is 1. The van der Waals surface area contributed by atoms with Gasteiger partial charge in [-0.25, -0.2) is 0 Å². The Hall–Kier alpha value is -0.553. The van der Waals surface area contributed by atoms with E-state index in [0.29, 0.717) is 27.8 Å². The van der Waals surface area contributed by atoms with Crippen molar-refractivity contribution in [2.75, 3.05) is 6.54 Å². The zero-order valence-corrected chi connectivity index (χ0v) is 20.9. The lowest BCUT2D eigenvalue weighted by atomic mass is 9.70. The van der Waals surface area contributed by atoms with Crippen LogP contribution in [0.2, 0.25) is 23.1 Å². The van der Waals surface area contributed by atoms with E-state index < -0.39 is 14.8 Å². The quantitative estimate of drug-likeness (QED) is 0.469. The Balaban J connectivity index is 1.75. The summed E-state index contributed by atoms with van der Waals surface area (Å²) in [5.41, 5.74) is 0.898. The van der Waals surface area contributed by atoms with Crippen LogP contribution in [0.25, 0.3) is 0 Å². The van der Waals surface area contributed by atoms with Gasteiger partial charge in [0.2, 0.25) is 14.9 Å². The molecule has 3 nitrogen and oxygen atoms in total. The number of hydrogen-bond acceptors (Lipinski definition) is 2. The van der Waals surface area contributed by atoms with E-state index in [1.807, 2.05) is 12.1 Å². The molecule has 1 aromatic carbocycles. The number of halogens is 2. The van der Waals surface area contributed by atoms with E-state index in [1.165, 1.54) is 0 Å². The van der Waals surface area contributed by atoms with E-state index in [0.717, 1.165) is 44.2 Å². The first-order chi connectivity index (χ1) is 13.5. The Labute approximate surface area is 187 Å². The molecule has 3 rings (SSSR count). The van der Waals surface area contributed by atoms with Gasteiger partial charge in [0.1, 0.15) is 5.72 Å². The normalized spacial score (nSPS) is 28.4. The van der Waals surface area contributed by atoms with Gasteiger partial charge >= 0.3 is 0 Å². The van der Waals surface area contributed by atoms with E-state index in [2.05, 4.69) is 38.8 Å². The maximum atomic E-state index is 13.4. The van der Waals surface area contributed by atoms with Gasteiger partial charge in [0, 0.05) is 22.5 Å². The number of nitrogens with zero attached hydrogens (tertiary/aromatic N) is 1. The molecule has 1 saturated carbocycles. The first kappa shape index (κ1) is 23.1. The maximum Gasteiger partial charge on any atom is 0.228 e. The van der Waals surface area contributed by atoms with Gasteiger partial charge in [-0.15, -0.1) is 0 Å². The van der Waals surface area contributed by atoms with Crippen LogP contribution in [0.3, 0.4) is 0 Å². The van der Waals surface area contributed by atoms with Crippen molar-refractivity contribution in [2.24, 2.45) is 17.3 Å². The largest absolute Gasteiger partial charge is 0.395 e. The van der Waals surface area contributed by atoms with Gasteiger partial charge < -0.3 is 9.33 Å². The highest BCUT2D eigenvalue weighted by Crippen LogP contribution is 2.46. The van der Waals surface area contributed by atoms with Crippen LogP contribution in [0.5, 0.6) is 0 Å². The maximum absolute atomic E-state index is 13.4. The van der Waals surface area contributed by atoms with Crippen molar-refractivity contribution >= 4 is 38.1 Å². The zero-order chi connectivity index (χ0) is 21.4. The highest BCUT2D eigenvalue weighted by molar-refractivity contribution is 6.48. The summed E-state index contributed by atoms with van der Waals surface area (Å²) >= 11 is 12.4. The zero-order valence-electron chi connectivity index (χ0n) is 18.4. The molecule has 0 aromatic heterocycles. The lowest BCUT2D eigenvalue weighted by molar-refractivity contribution is -0.160. The summed E-state index contributed by atoms with van der Waals surface area (Å²) in [6.07, 6.45) is 5.67. The Kier molecular flexibility index (Phi) is 7.09. The minimum Gasteiger partial charge on any atom is -0.395 e. The average molecular weight is 456 g/mol. The van der Waals surface area contributed by atoms with Crippen molar-refractivity contribution < 1.29 is 9.22 Å². The fraction of sp³-hybridized carbons (Fsp3) is 0.696. The first-order valence-corrected chi connectivity index (χ1v) is 13.9. The molecule has 1 heterocycles. The molecule has 0 N–H and O–H groups in total. The molecular formula is C23H34Cl2NO2Si. The first-order valence-electron chi connectivity index (χ1n) is 10.8. The van der Waals surface area contributed by atoms with Gasteiger partial charge in [0.15, 0.2) is 0 Å². The molecular weight excluding hydrogens is 421 g/mol. The summed E-state index contributed by atoms with van der Waals surface area (Å²) in [5, 5.41) is 1.27. The molecule has 161 valence electrons. The Morgan fingerprint density at radius 2 is 1.83 bits per heavy atom. The van der Waals surface area contributed by atoms with Crippen LogP contribution in [-0.2, 0) is 15.6 Å². The monoisotopic (exact) mass is 454 g/mol. The second-order valence-corrected chi connectivity index (χ2v) is 12.9. The van der Waals surface area contributed by atoms with Gasteiger partial charge in [-0.05, 0) is 80.6 Å². The van der Waals surface area contributed by atoms with E-state index in [1.54, 1.807) is 6.07 Å². The minimum absolute atomic E-state index is 0.0288. The van der Waals surface area contributed by atoms with Crippen molar-refractivity contribution in [3.63, 3.8) is 0 Å². The molecule has 1 saturated heterocycles. The van der Waals surface area contributed by atoms with Crippen molar-refractivity contribution in [1.29, 1.82) is 0 Å². The van der Waals surface area contributed by atoms with Crippen molar-refractivity contribution in [1.82, 2.24) is 4.90 Å². The van der Waals surface area contributed by atoms with Crippen LogP contribution in [0.1, 0.15) is 58.4 Å². The molecule has 1 aromatic rings. The lowest BCUT2D eigenvalue weighted by Gasteiger charge is -2.49. The molecule has 1 amide bonds. The van der Waals surface area contributed by atoms with Crippen LogP contribution < -0.4 is 0 Å². The number of amides is 1. The smallest absolute Gasteiger partial charge is 0.228 e. The topological polar surface area (TPSA) is 29.5 Å². The molecule has 1 atom stereocenters. The highest BCUT2D eigenvalue weighted by atomic mass is 35.5. The number of benzene rings is 1. The van der Waals surface area contributed by atoms with Crippen molar-refractivity contribution in [3.05, 3.63) is 33.8 Å². The van der Waals surface area contributed by atoms with Gasteiger partial charge in [-0.2, -0.15) is 0 Å². The highest BCUT2D eigenvalue weighted by Gasteiger charge is 2.49. The number of carbonyl (C=O) groups excluding carboxylic acids is 1.